The van der Waals surface area contributed by atoms with Crippen molar-refractivity contribution in [1.82, 2.24) is 5.32 Å². The third-order valence-corrected chi connectivity index (χ3v) is 3.31. The van der Waals surface area contributed by atoms with Crippen LogP contribution in [0.25, 0.3) is 0 Å². The van der Waals surface area contributed by atoms with E-state index in [-0.39, 0.29) is 18.0 Å². The molecule has 4 heteroatoms. The van der Waals surface area contributed by atoms with Gasteiger partial charge in [0.15, 0.2) is 0 Å². The molecule has 0 unspecified atom stereocenters. The lowest BCUT2D eigenvalue weighted by Crippen LogP contribution is -2.48. The highest BCUT2D eigenvalue weighted by Gasteiger charge is 2.37. The summed E-state index contributed by atoms with van der Waals surface area (Å²) in [5, 5.41) is 3.33. The van der Waals surface area contributed by atoms with E-state index in [0.717, 1.165) is 32.7 Å². The number of nitrogens with one attached hydrogen (secondary N) is 1. The van der Waals surface area contributed by atoms with E-state index in [1.54, 1.807) is 0 Å². The van der Waals surface area contributed by atoms with Crippen molar-refractivity contribution in [1.29, 1.82) is 0 Å². The Kier molecular flexibility index (Phi) is 4.64. The predicted octanol–water partition coefficient (Wildman–Crippen LogP) is 1.36. The first-order valence-electron chi connectivity index (χ1n) is 5.24. The van der Waals surface area contributed by atoms with E-state index in [1.165, 1.54) is 12.8 Å². The first-order valence-corrected chi connectivity index (χ1v) is 5.24. The third kappa shape index (κ3) is 2.60. The Morgan fingerprint density at radius 2 is 1.93 bits per heavy atom. The van der Waals surface area contributed by atoms with Gasteiger partial charge in [-0.05, 0) is 32.7 Å². The van der Waals surface area contributed by atoms with Crippen molar-refractivity contribution in [2.75, 3.05) is 26.9 Å². The van der Waals surface area contributed by atoms with Crippen LogP contribution >= 0.6 is 12.4 Å². The van der Waals surface area contributed by atoms with Crippen LogP contribution in [0.15, 0.2) is 0 Å². The number of hydrogen-bond donors (Lipinski definition) is 1. The lowest BCUT2D eigenvalue weighted by atomic mass is 9.82. The van der Waals surface area contributed by atoms with Gasteiger partial charge in [0.05, 0.1) is 25.4 Å². The molecule has 2 aliphatic rings. The fourth-order valence-corrected chi connectivity index (χ4v) is 2.34. The standard InChI is InChI=1S/C10H19NO2.ClH/c1-11-9-2-4-10(5-3-9)8-12-6-7-13-10;/h9,11H,2-8H2,1H3;1H. The minimum Gasteiger partial charge on any atom is -0.376 e. The zero-order chi connectivity index (χ0) is 9.15. The SMILES string of the molecule is CNC1CCC2(CC1)COCCO2.Cl. The van der Waals surface area contributed by atoms with Crippen LogP contribution in [-0.2, 0) is 9.47 Å². The van der Waals surface area contributed by atoms with Crippen LogP contribution in [-0.4, -0.2) is 38.5 Å². The molecule has 1 aliphatic heterocycles. The third-order valence-electron chi connectivity index (χ3n) is 3.31. The molecule has 0 aromatic heterocycles. The maximum Gasteiger partial charge on any atom is 0.0917 e. The molecule has 2 rings (SSSR count). The van der Waals surface area contributed by atoms with Gasteiger partial charge in [0.1, 0.15) is 0 Å². The molecule has 1 saturated carbocycles. The van der Waals surface area contributed by atoms with E-state index in [0.29, 0.717) is 6.04 Å². The second-order valence-corrected chi connectivity index (χ2v) is 4.15. The summed E-state index contributed by atoms with van der Waals surface area (Å²) in [5.41, 5.74) is 0.0750. The molecule has 1 heterocycles. The lowest BCUT2D eigenvalue weighted by Gasteiger charge is -2.42. The largest absolute Gasteiger partial charge is 0.376 e. The smallest absolute Gasteiger partial charge is 0.0917 e. The van der Waals surface area contributed by atoms with Gasteiger partial charge in [-0.25, -0.2) is 0 Å². The normalized spacial score (nSPS) is 37.9. The summed E-state index contributed by atoms with van der Waals surface area (Å²) in [4.78, 5) is 0. The number of rotatable bonds is 1. The van der Waals surface area contributed by atoms with E-state index in [2.05, 4.69) is 5.32 Å². The van der Waals surface area contributed by atoms with Crippen LogP contribution in [0.5, 0.6) is 0 Å². The molecule has 1 saturated heterocycles. The van der Waals surface area contributed by atoms with E-state index in [1.807, 2.05) is 7.05 Å². The van der Waals surface area contributed by atoms with Gasteiger partial charge in [0, 0.05) is 6.04 Å². The van der Waals surface area contributed by atoms with Crippen molar-refractivity contribution >= 4 is 12.4 Å². The van der Waals surface area contributed by atoms with Crippen molar-refractivity contribution in [3.05, 3.63) is 0 Å². The Labute approximate surface area is 91.9 Å². The summed E-state index contributed by atoms with van der Waals surface area (Å²) < 4.78 is 11.3. The molecule has 0 aromatic rings. The fourth-order valence-electron chi connectivity index (χ4n) is 2.34. The van der Waals surface area contributed by atoms with E-state index >= 15 is 0 Å². The van der Waals surface area contributed by atoms with Gasteiger partial charge in [-0.3, -0.25) is 0 Å². The summed E-state index contributed by atoms with van der Waals surface area (Å²) in [7, 11) is 2.04. The van der Waals surface area contributed by atoms with Crippen molar-refractivity contribution in [3.8, 4) is 0 Å². The quantitative estimate of drug-likeness (QED) is 0.725. The number of ether oxygens (including phenoxy) is 2. The summed E-state index contributed by atoms with van der Waals surface area (Å²) >= 11 is 0. The molecule has 0 aromatic carbocycles. The molecule has 0 amide bonds. The van der Waals surface area contributed by atoms with Crippen LogP contribution in [0, 0.1) is 0 Å². The zero-order valence-corrected chi connectivity index (χ0v) is 9.57. The molecule has 0 bridgehead atoms. The van der Waals surface area contributed by atoms with Crippen LogP contribution < -0.4 is 5.32 Å². The summed E-state index contributed by atoms with van der Waals surface area (Å²) in [6.45, 7) is 2.37. The van der Waals surface area contributed by atoms with Gasteiger partial charge >= 0.3 is 0 Å². The minimum atomic E-state index is 0. The van der Waals surface area contributed by atoms with E-state index in [4.69, 9.17) is 9.47 Å². The van der Waals surface area contributed by atoms with Crippen LogP contribution in [0.3, 0.4) is 0 Å². The molecule has 3 nitrogen and oxygen atoms in total. The van der Waals surface area contributed by atoms with Crippen molar-refractivity contribution in [2.24, 2.45) is 0 Å². The maximum absolute atomic E-state index is 5.85. The maximum atomic E-state index is 5.85. The highest BCUT2D eigenvalue weighted by atomic mass is 35.5. The zero-order valence-electron chi connectivity index (χ0n) is 8.75. The van der Waals surface area contributed by atoms with Gasteiger partial charge in [-0.2, -0.15) is 0 Å². The monoisotopic (exact) mass is 221 g/mol. The molecular weight excluding hydrogens is 202 g/mol. The van der Waals surface area contributed by atoms with E-state index in [9.17, 15) is 0 Å². The van der Waals surface area contributed by atoms with Gasteiger partial charge in [0.2, 0.25) is 0 Å². The van der Waals surface area contributed by atoms with Crippen molar-refractivity contribution < 1.29 is 9.47 Å². The topological polar surface area (TPSA) is 30.5 Å². The van der Waals surface area contributed by atoms with Crippen molar-refractivity contribution in [2.45, 2.75) is 37.3 Å². The molecule has 84 valence electrons. The molecule has 2 fully saturated rings. The summed E-state index contributed by atoms with van der Waals surface area (Å²) in [6, 6.07) is 0.691. The van der Waals surface area contributed by atoms with E-state index < -0.39 is 0 Å². The van der Waals surface area contributed by atoms with Crippen LogP contribution in [0.4, 0.5) is 0 Å². The Bertz CT molecular complexity index is 162. The Balaban J connectivity index is 0.000000980. The van der Waals surface area contributed by atoms with Gasteiger partial charge in [-0.15, -0.1) is 12.4 Å². The fraction of sp³-hybridized carbons (Fsp3) is 1.00. The number of halogens is 1. The lowest BCUT2D eigenvalue weighted by molar-refractivity contribution is -0.172. The van der Waals surface area contributed by atoms with Gasteiger partial charge < -0.3 is 14.8 Å². The number of hydrogen-bond acceptors (Lipinski definition) is 3. The molecule has 0 radical (unpaired) electrons. The minimum absolute atomic E-state index is 0. The molecule has 1 aliphatic carbocycles. The Morgan fingerprint density at radius 1 is 1.21 bits per heavy atom. The van der Waals surface area contributed by atoms with Crippen molar-refractivity contribution in [3.63, 3.8) is 0 Å². The highest BCUT2D eigenvalue weighted by Crippen LogP contribution is 2.33. The molecule has 14 heavy (non-hydrogen) atoms. The second-order valence-electron chi connectivity index (χ2n) is 4.15. The average Bonchev–Trinajstić information content (AvgIpc) is 2.20. The summed E-state index contributed by atoms with van der Waals surface area (Å²) in [6.07, 6.45) is 4.75. The Hall–Kier alpha value is 0.170. The summed E-state index contributed by atoms with van der Waals surface area (Å²) in [5.74, 6) is 0. The first kappa shape index (κ1) is 12.2. The van der Waals surface area contributed by atoms with Crippen LogP contribution in [0.2, 0.25) is 0 Å². The molecular formula is C10H20ClNO2. The van der Waals surface area contributed by atoms with Gasteiger partial charge in [-0.1, -0.05) is 0 Å². The first-order chi connectivity index (χ1) is 6.35. The molecule has 1 N–H and O–H groups in total. The molecule has 1 spiro atoms. The second kappa shape index (κ2) is 5.31. The highest BCUT2D eigenvalue weighted by molar-refractivity contribution is 5.85. The predicted molar refractivity (Wildman–Crippen MR) is 58.1 cm³/mol. The van der Waals surface area contributed by atoms with Crippen LogP contribution in [0.1, 0.15) is 25.7 Å². The average molecular weight is 222 g/mol. The molecule has 0 atom stereocenters. The Morgan fingerprint density at radius 3 is 2.43 bits per heavy atom. The van der Waals surface area contributed by atoms with Gasteiger partial charge in [0.25, 0.3) is 0 Å².